The van der Waals surface area contributed by atoms with Gasteiger partial charge in [0.05, 0.1) is 22.7 Å². The van der Waals surface area contributed by atoms with E-state index in [0.29, 0.717) is 33.5 Å². The molecule has 1 heterocycles. The number of ether oxygens (including phenoxy) is 1. The normalized spacial score (nSPS) is 10.4. The Balaban J connectivity index is 1.93. The van der Waals surface area contributed by atoms with E-state index in [1.807, 2.05) is 30.3 Å². The number of nitrogens with one attached hydrogen (secondary N) is 1. The van der Waals surface area contributed by atoms with E-state index in [1.54, 1.807) is 31.5 Å². The first-order valence-electron chi connectivity index (χ1n) is 7.89. The Bertz CT molecular complexity index is 930. The van der Waals surface area contributed by atoms with Crippen molar-refractivity contribution in [3.63, 3.8) is 0 Å². The maximum atomic E-state index is 12.5. The molecule has 0 spiro atoms. The van der Waals surface area contributed by atoms with Gasteiger partial charge in [-0.3, -0.25) is 9.78 Å². The van der Waals surface area contributed by atoms with E-state index in [4.69, 9.17) is 27.9 Å². The van der Waals surface area contributed by atoms with E-state index >= 15 is 0 Å². The van der Waals surface area contributed by atoms with Crippen LogP contribution in [0, 0.1) is 0 Å². The summed E-state index contributed by atoms with van der Waals surface area (Å²) < 4.78 is 5.48. The van der Waals surface area contributed by atoms with Crippen LogP contribution in [-0.4, -0.2) is 18.0 Å². The van der Waals surface area contributed by atoms with Gasteiger partial charge in [0, 0.05) is 30.1 Å². The van der Waals surface area contributed by atoms with Crippen molar-refractivity contribution in [3.8, 4) is 5.75 Å². The number of benzene rings is 2. The molecule has 0 aliphatic rings. The molecule has 6 heteroatoms. The molecule has 0 saturated heterocycles. The predicted octanol–water partition coefficient (Wildman–Crippen LogP) is 5.24. The summed E-state index contributed by atoms with van der Waals surface area (Å²) in [5.74, 6) is 0.446. The van der Waals surface area contributed by atoms with Crippen LogP contribution in [-0.2, 0) is 6.42 Å². The third-order valence-electron chi connectivity index (χ3n) is 3.89. The molecule has 0 saturated carbocycles. The van der Waals surface area contributed by atoms with Crippen molar-refractivity contribution >= 4 is 34.8 Å². The van der Waals surface area contributed by atoms with Crippen LogP contribution in [0.2, 0.25) is 10.0 Å². The number of anilines is 1. The largest absolute Gasteiger partial charge is 0.496 e. The Morgan fingerprint density at radius 2 is 1.96 bits per heavy atom. The number of hydrogen-bond donors (Lipinski definition) is 1. The highest BCUT2D eigenvalue weighted by molar-refractivity contribution is 6.42. The fourth-order valence-electron chi connectivity index (χ4n) is 2.60. The molecular formula is C20H16Cl2N2O2. The van der Waals surface area contributed by atoms with Gasteiger partial charge in [-0.05, 0) is 42.0 Å². The summed E-state index contributed by atoms with van der Waals surface area (Å²) in [7, 11) is 1.60. The molecule has 0 atom stereocenters. The molecule has 1 N–H and O–H groups in total. The van der Waals surface area contributed by atoms with E-state index in [9.17, 15) is 4.79 Å². The molecule has 26 heavy (non-hydrogen) atoms. The van der Waals surface area contributed by atoms with Crippen LogP contribution in [0.25, 0.3) is 0 Å². The van der Waals surface area contributed by atoms with Gasteiger partial charge in [-0.15, -0.1) is 0 Å². The molecule has 0 radical (unpaired) electrons. The molecule has 0 bridgehead atoms. The number of aromatic nitrogens is 1. The minimum Gasteiger partial charge on any atom is -0.496 e. The van der Waals surface area contributed by atoms with Crippen molar-refractivity contribution in [2.45, 2.75) is 6.42 Å². The van der Waals surface area contributed by atoms with E-state index in [2.05, 4.69) is 10.3 Å². The number of carbonyl (C=O) groups is 1. The monoisotopic (exact) mass is 386 g/mol. The van der Waals surface area contributed by atoms with Gasteiger partial charge in [0.25, 0.3) is 5.91 Å². The average molecular weight is 387 g/mol. The summed E-state index contributed by atoms with van der Waals surface area (Å²) in [6.45, 7) is 0. The van der Waals surface area contributed by atoms with Gasteiger partial charge in [0.2, 0.25) is 0 Å². The van der Waals surface area contributed by atoms with E-state index < -0.39 is 0 Å². The molecule has 3 aromatic rings. The topological polar surface area (TPSA) is 51.2 Å². The molecule has 1 aromatic heterocycles. The highest BCUT2D eigenvalue weighted by Crippen LogP contribution is 2.31. The van der Waals surface area contributed by atoms with Crippen LogP contribution in [0.1, 0.15) is 21.5 Å². The number of methoxy groups -OCH3 is 1. The molecule has 0 aliphatic carbocycles. The number of carbonyl (C=O) groups excluding carboxylic acids is 1. The number of amides is 1. The first-order valence-corrected chi connectivity index (χ1v) is 8.65. The van der Waals surface area contributed by atoms with Gasteiger partial charge in [0.1, 0.15) is 5.75 Å². The van der Waals surface area contributed by atoms with Gasteiger partial charge in [-0.25, -0.2) is 0 Å². The highest BCUT2D eigenvalue weighted by Gasteiger charge is 2.14. The van der Waals surface area contributed by atoms with Crippen molar-refractivity contribution in [1.29, 1.82) is 0 Å². The maximum absolute atomic E-state index is 12.5. The molecule has 0 fully saturated rings. The Kier molecular flexibility index (Phi) is 5.76. The third kappa shape index (κ3) is 4.15. The molecule has 2 aromatic carbocycles. The molecule has 1 amide bonds. The second-order valence-corrected chi connectivity index (χ2v) is 6.42. The zero-order valence-corrected chi connectivity index (χ0v) is 15.5. The lowest BCUT2D eigenvalue weighted by molar-refractivity contribution is 0.102. The molecular weight excluding hydrogens is 371 g/mol. The second-order valence-electron chi connectivity index (χ2n) is 5.61. The van der Waals surface area contributed by atoms with Crippen LogP contribution in [0.3, 0.4) is 0 Å². The molecule has 4 nitrogen and oxygen atoms in total. The molecule has 0 unspecified atom stereocenters. The smallest absolute Gasteiger partial charge is 0.257 e. The minimum absolute atomic E-state index is 0.234. The van der Waals surface area contributed by atoms with Gasteiger partial charge >= 0.3 is 0 Å². The van der Waals surface area contributed by atoms with Gasteiger partial charge in [-0.2, -0.15) is 0 Å². The fraction of sp³-hybridized carbons (Fsp3) is 0.100. The zero-order chi connectivity index (χ0) is 18.5. The lowest BCUT2D eigenvalue weighted by Crippen LogP contribution is -2.14. The summed E-state index contributed by atoms with van der Waals surface area (Å²) in [6.07, 6.45) is 3.68. The third-order valence-corrected chi connectivity index (χ3v) is 4.63. The molecule has 132 valence electrons. The molecule has 3 rings (SSSR count). The van der Waals surface area contributed by atoms with Crippen molar-refractivity contribution < 1.29 is 9.53 Å². The standard InChI is InChI=1S/C20H16Cl2N2O2/c1-26-19-6-2-5-18(24-20(25)14-4-3-9-23-12-14)15(19)10-13-7-8-16(21)17(22)11-13/h2-9,11-12H,10H2,1H3,(H,24,25). The number of rotatable bonds is 5. The van der Waals surface area contributed by atoms with Crippen molar-refractivity contribution in [2.24, 2.45) is 0 Å². The van der Waals surface area contributed by atoms with E-state index in [1.165, 1.54) is 6.20 Å². The maximum Gasteiger partial charge on any atom is 0.257 e. The average Bonchev–Trinajstić information content (AvgIpc) is 2.66. The van der Waals surface area contributed by atoms with Gasteiger partial charge < -0.3 is 10.1 Å². The minimum atomic E-state index is -0.234. The number of halogens is 2. The predicted molar refractivity (Wildman–Crippen MR) is 104 cm³/mol. The summed E-state index contributed by atoms with van der Waals surface area (Å²) >= 11 is 12.1. The van der Waals surface area contributed by atoms with Gasteiger partial charge in [-0.1, -0.05) is 35.3 Å². The van der Waals surface area contributed by atoms with Crippen LogP contribution in [0.4, 0.5) is 5.69 Å². The summed E-state index contributed by atoms with van der Waals surface area (Å²) in [5, 5.41) is 3.92. The summed E-state index contributed by atoms with van der Waals surface area (Å²) in [5.41, 5.74) is 2.96. The summed E-state index contributed by atoms with van der Waals surface area (Å²) in [4.78, 5) is 16.5. The SMILES string of the molecule is COc1cccc(NC(=O)c2cccnc2)c1Cc1ccc(Cl)c(Cl)c1. The quantitative estimate of drug-likeness (QED) is 0.651. The van der Waals surface area contributed by atoms with Crippen LogP contribution in [0.5, 0.6) is 5.75 Å². The highest BCUT2D eigenvalue weighted by atomic mass is 35.5. The van der Waals surface area contributed by atoms with E-state index in [-0.39, 0.29) is 5.91 Å². The number of pyridine rings is 1. The van der Waals surface area contributed by atoms with Crippen molar-refractivity contribution in [2.75, 3.05) is 12.4 Å². The zero-order valence-electron chi connectivity index (χ0n) is 14.0. The van der Waals surface area contributed by atoms with Crippen LogP contribution < -0.4 is 10.1 Å². The Morgan fingerprint density at radius 1 is 1.12 bits per heavy atom. The lowest BCUT2D eigenvalue weighted by atomic mass is 10.0. The van der Waals surface area contributed by atoms with Crippen LogP contribution in [0.15, 0.2) is 60.9 Å². The van der Waals surface area contributed by atoms with Crippen molar-refractivity contribution in [3.05, 3.63) is 87.7 Å². The van der Waals surface area contributed by atoms with Crippen LogP contribution >= 0.6 is 23.2 Å². The number of nitrogens with zero attached hydrogens (tertiary/aromatic N) is 1. The second kappa shape index (κ2) is 8.21. The van der Waals surface area contributed by atoms with E-state index in [0.717, 1.165) is 11.1 Å². The molecule has 0 aliphatic heterocycles. The fourth-order valence-corrected chi connectivity index (χ4v) is 2.92. The first kappa shape index (κ1) is 18.2. The Labute approximate surface area is 161 Å². The Hall–Kier alpha value is -2.56. The number of hydrogen-bond acceptors (Lipinski definition) is 3. The lowest BCUT2D eigenvalue weighted by Gasteiger charge is -2.15. The van der Waals surface area contributed by atoms with Gasteiger partial charge in [0.15, 0.2) is 0 Å². The Morgan fingerprint density at radius 3 is 2.65 bits per heavy atom. The summed E-state index contributed by atoms with van der Waals surface area (Å²) in [6, 6.07) is 14.4. The van der Waals surface area contributed by atoms with Crippen molar-refractivity contribution in [1.82, 2.24) is 4.98 Å². The first-order chi connectivity index (χ1) is 12.6.